The molecular formula is C19H19N7. The number of hydrogen-bond donors (Lipinski definition) is 1. The van der Waals surface area contributed by atoms with Gasteiger partial charge in [0.2, 0.25) is 0 Å². The molecule has 1 aromatic carbocycles. The molecule has 1 aliphatic rings. The molecule has 3 heterocycles. The molecule has 0 spiro atoms. The highest BCUT2D eigenvalue weighted by Crippen LogP contribution is 2.32. The molecule has 1 aliphatic carbocycles. The second-order valence-corrected chi connectivity index (χ2v) is 6.77. The van der Waals surface area contributed by atoms with Gasteiger partial charge in [-0.25, -0.2) is 4.98 Å². The molecule has 1 fully saturated rings. The maximum atomic E-state index is 4.62. The van der Waals surface area contributed by atoms with Crippen LogP contribution in [0.4, 0.5) is 5.82 Å². The molecule has 4 aromatic rings. The maximum Gasteiger partial charge on any atom is 0.254 e. The van der Waals surface area contributed by atoms with Crippen LogP contribution in [-0.2, 0) is 6.54 Å². The summed E-state index contributed by atoms with van der Waals surface area (Å²) in [7, 11) is 0. The molecule has 26 heavy (non-hydrogen) atoms. The van der Waals surface area contributed by atoms with Gasteiger partial charge in [-0.05, 0) is 24.8 Å². The second kappa shape index (κ2) is 6.25. The van der Waals surface area contributed by atoms with Crippen LogP contribution in [0.25, 0.3) is 17.0 Å². The van der Waals surface area contributed by atoms with E-state index in [1.165, 1.54) is 0 Å². The van der Waals surface area contributed by atoms with E-state index in [0.29, 0.717) is 17.7 Å². The standard InChI is InChI=1S/C19H19N7/c1-2-5-15(6-3-1)17-11-18(26-19(24-17)20-13-22-26)23-16-9-14(10-16)12-25-8-4-7-21-25/h1-8,11,13-14,16,23H,9-10,12H2. The Labute approximate surface area is 150 Å². The Bertz CT molecular complexity index is 1000. The molecule has 1 saturated carbocycles. The third kappa shape index (κ3) is 2.81. The minimum absolute atomic E-state index is 0.439. The SMILES string of the molecule is c1ccc(-c2cc(NC3CC(Cn4cccn4)C3)n3ncnc3n2)cc1. The van der Waals surface area contributed by atoms with Crippen LogP contribution in [0.1, 0.15) is 12.8 Å². The van der Waals surface area contributed by atoms with Gasteiger partial charge in [0.1, 0.15) is 12.1 Å². The van der Waals surface area contributed by atoms with E-state index in [9.17, 15) is 0 Å². The number of fused-ring (bicyclic) bond motifs is 1. The first-order chi connectivity index (χ1) is 12.8. The van der Waals surface area contributed by atoms with Crippen LogP contribution in [0.3, 0.4) is 0 Å². The number of hydrogen-bond acceptors (Lipinski definition) is 5. The molecule has 1 N–H and O–H groups in total. The highest BCUT2D eigenvalue weighted by molar-refractivity contribution is 5.65. The van der Waals surface area contributed by atoms with Crippen molar-refractivity contribution in [3.63, 3.8) is 0 Å². The number of benzene rings is 1. The fraction of sp³-hybridized carbons (Fsp3) is 0.263. The summed E-state index contributed by atoms with van der Waals surface area (Å²) in [5.74, 6) is 2.21. The first kappa shape index (κ1) is 15.1. The Hall–Kier alpha value is -3.22. The zero-order valence-corrected chi connectivity index (χ0v) is 14.2. The van der Waals surface area contributed by atoms with Gasteiger partial charge in [-0.1, -0.05) is 30.3 Å². The average molecular weight is 345 g/mol. The average Bonchev–Trinajstić information content (AvgIpc) is 3.32. The third-order valence-electron chi connectivity index (χ3n) is 4.91. The van der Waals surface area contributed by atoms with Crippen LogP contribution < -0.4 is 5.32 Å². The summed E-state index contributed by atoms with van der Waals surface area (Å²) in [5.41, 5.74) is 1.98. The molecule has 5 rings (SSSR count). The van der Waals surface area contributed by atoms with Crippen molar-refractivity contribution in [3.05, 3.63) is 61.2 Å². The van der Waals surface area contributed by atoms with Crippen molar-refractivity contribution in [2.24, 2.45) is 5.92 Å². The summed E-state index contributed by atoms with van der Waals surface area (Å²) in [6.07, 6.45) is 7.65. The molecule has 130 valence electrons. The van der Waals surface area contributed by atoms with Gasteiger partial charge in [-0.15, -0.1) is 0 Å². The zero-order valence-electron chi connectivity index (χ0n) is 14.2. The summed E-state index contributed by atoms with van der Waals surface area (Å²) < 4.78 is 3.78. The third-order valence-corrected chi connectivity index (χ3v) is 4.91. The highest BCUT2D eigenvalue weighted by Gasteiger charge is 2.30. The fourth-order valence-corrected chi connectivity index (χ4v) is 3.56. The van der Waals surface area contributed by atoms with Crippen LogP contribution >= 0.6 is 0 Å². The quantitative estimate of drug-likeness (QED) is 0.602. The van der Waals surface area contributed by atoms with E-state index in [4.69, 9.17) is 0 Å². The first-order valence-corrected chi connectivity index (χ1v) is 8.85. The summed E-state index contributed by atoms with van der Waals surface area (Å²) in [6.45, 7) is 0.982. The van der Waals surface area contributed by atoms with Gasteiger partial charge in [-0.3, -0.25) is 4.68 Å². The highest BCUT2D eigenvalue weighted by atomic mass is 15.4. The van der Waals surface area contributed by atoms with Crippen molar-refractivity contribution in [2.45, 2.75) is 25.4 Å². The molecule has 0 unspecified atom stereocenters. The molecular weight excluding hydrogens is 326 g/mol. The van der Waals surface area contributed by atoms with E-state index < -0.39 is 0 Å². The Balaban J connectivity index is 1.35. The van der Waals surface area contributed by atoms with Crippen LogP contribution in [0.15, 0.2) is 61.2 Å². The number of nitrogens with zero attached hydrogens (tertiary/aromatic N) is 6. The molecule has 0 amide bonds. The lowest BCUT2D eigenvalue weighted by molar-refractivity contribution is 0.240. The topological polar surface area (TPSA) is 72.9 Å². The van der Waals surface area contributed by atoms with Crippen molar-refractivity contribution < 1.29 is 0 Å². The smallest absolute Gasteiger partial charge is 0.254 e. The van der Waals surface area contributed by atoms with Crippen molar-refractivity contribution in [2.75, 3.05) is 5.32 Å². The lowest BCUT2D eigenvalue weighted by Crippen LogP contribution is -2.38. The largest absolute Gasteiger partial charge is 0.367 e. The summed E-state index contributed by atoms with van der Waals surface area (Å²) >= 11 is 0. The van der Waals surface area contributed by atoms with Crippen molar-refractivity contribution in [3.8, 4) is 11.3 Å². The van der Waals surface area contributed by atoms with Crippen LogP contribution in [0.5, 0.6) is 0 Å². The van der Waals surface area contributed by atoms with Gasteiger partial charge >= 0.3 is 0 Å². The van der Waals surface area contributed by atoms with Gasteiger partial charge < -0.3 is 5.32 Å². The zero-order chi connectivity index (χ0) is 17.3. The van der Waals surface area contributed by atoms with Crippen molar-refractivity contribution >= 4 is 11.6 Å². The van der Waals surface area contributed by atoms with Gasteiger partial charge in [-0.2, -0.15) is 19.7 Å². The second-order valence-electron chi connectivity index (χ2n) is 6.77. The molecule has 0 bridgehead atoms. The van der Waals surface area contributed by atoms with Crippen LogP contribution in [0, 0.1) is 5.92 Å². The predicted octanol–water partition coefficient (Wildman–Crippen LogP) is 2.88. The van der Waals surface area contributed by atoms with E-state index in [1.807, 2.05) is 41.3 Å². The van der Waals surface area contributed by atoms with Crippen LogP contribution in [-0.4, -0.2) is 35.4 Å². The minimum atomic E-state index is 0.439. The van der Waals surface area contributed by atoms with Gasteiger partial charge in [0, 0.05) is 36.6 Å². The molecule has 0 saturated heterocycles. The lowest BCUT2D eigenvalue weighted by atomic mass is 9.80. The van der Waals surface area contributed by atoms with E-state index in [2.05, 4.69) is 43.7 Å². The molecule has 0 radical (unpaired) electrons. The van der Waals surface area contributed by atoms with Gasteiger partial charge in [0.25, 0.3) is 5.78 Å². The van der Waals surface area contributed by atoms with E-state index in [-0.39, 0.29) is 0 Å². The molecule has 3 aromatic heterocycles. The van der Waals surface area contributed by atoms with Crippen molar-refractivity contribution in [1.29, 1.82) is 0 Å². The molecule has 7 nitrogen and oxygen atoms in total. The predicted molar refractivity (Wildman–Crippen MR) is 98.6 cm³/mol. The monoisotopic (exact) mass is 345 g/mol. The number of anilines is 1. The fourth-order valence-electron chi connectivity index (χ4n) is 3.56. The maximum absolute atomic E-state index is 4.62. The summed E-state index contributed by atoms with van der Waals surface area (Å²) in [5, 5.41) is 12.2. The molecule has 0 aliphatic heterocycles. The van der Waals surface area contributed by atoms with Crippen LogP contribution in [0.2, 0.25) is 0 Å². The number of aromatic nitrogens is 6. The lowest BCUT2D eigenvalue weighted by Gasteiger charge is -2.36. The van der Waals surface area contributed by atoms with Gasteiger partial charge in [0.05, 0.1) is 5.69 Å². The Kier molecular flexibility index (Phi) is 3.62. The summed E-state index contributed by atoms with van der Waals surface area (Å²) in [4.78, 5) is 8.89. The Morgan fingerprint density at radius 2 is 1.96 bits per heavy atom. The minimum Gasteiger partial charge on any atom is -0.367 e. The number of rotatable bonds is 5. The molecule has 7 heteroatoms. The van der Waals surface area contributed by atoms with E-state index in [0.717, 1.165) is 36.5 Å². The van der Waals surface area contributed by atoms with E-state index >= 15 is 0 Å². The van der Waals surface area contributed by atoms with Crippen molar-refractivity contribution in [1.82, 2.24) is 29.4 Å². The van der Waals surface area contributed by atoms with E-state index in [1.54, 1.807) is 10.8 Å². The number of nitrogens with one attached hydrogen (secondary N) is 1. The van der Waals surface area contributed by atoms with Gasteiger partial charge in [0.15, 0.2) is 0 Å². The molecule has 0 atom stereocenters. The summed E-state index contributed by atoms with van der Waals surface area (Å²) in [6, 6.07) is 14.6. The normalized spacial score (nSPS) is 19.4. The first-order valence-electron chi connectivity index (χ1n) is 8.85. The Morgan fingerprint density at radius 1 is 1.08 bits per heavy atom. The Morgan fingerprint density at radius 3 is 2.77 bits per heavy atom.